The molecule has 2 rings (SSSR count). The number of nitriles is 1. The summed E-state index contributed by atoms with van der Waals surface area (Å²) < 4.78 is 10.4. The molecule has 0 saturated heterocycles. The second-order valence-electron chi connectivity index (χ2n) is 5.83. The van der Waals surface area contributed by atoms with Gasteiger partial charge in [0.1, 0.15) is 11.6 Å². The van der Waals surface area contributed by atoms with E-state index in [2.05, 4.69) is 5.32 Å². The lowest BCUT2D eigenvalue weighted by Crippen LogP contribution is -2.26. The van der Waals surface area contributed by atoms with Gasteiger partial charge in [0, 0.05) is 29.3 Å². The molecule has 0 bridgehead atoms. The van der Waals surface area contributed by atoms with E-state index in [1.165, 1.54) is 31.4 Å². The fourth-order valence-electron chi connectivity index (χ4n) is 2.51. The van der Waals surface area contributed by atoms with Crippen molar-refractivity contribution in [3.8, 4) is 17.6 Å². The average molecular weight is 416 g/mol. The van der Waals surface area contributed by atoms with Crippen molar-refractivity contribution in [2.24, 2.45) is 0 Å². The van der Waals surface area contributed by atoms with Gasteiger partial charge in [0.05, 0.1) is 19.1 Å². The minimum absolute atomic E-state index is 0.188. The SMILES string of the molecule is COc1ccc(CCNC(=O)/C(C#N)=C/c2cc([N+](=O)[O-])ccc2Cl)cc1OC. The van der Waals surface area contributed by atoms with E-state index in [9.17, 15) is 20.2 Å². The molecule has 0 aliphatic heterocycles. The first-order valence-electron chi connectivity index (χ1n) is 8.44. The van der Waals surface area contributed by atoms with Crippen molar-refractivity contribution in [1.82, 2.24) is 5.32 Å². The fraction of sp³-hybridized carbons (Fsp3) is 0.200. The van der Waals surface area contributed by atoms with Crippen LogP contribution in [0.2, 0.25) is 5.02 Å². The molecule has 9 heteroatoms. The third-order valence-electron chi connectivity index (χ3n) is 4.00. The van der Waals surface area contributed by atoms with Crippen molar-refractivity contribution in [3.63, 3.8) is 0 Å². The van der Waals surface area contributed by atoms with E-state index in [1.807, 2.05) is 6.07 Å². The number of carbonyl (C=O) groups excluding carboxylic acids is 1. The lowest BCUT2D eigenvalue weighted by atomic mass is 10.1. The smallest absolute Gasteiger partial charge is 0.270 e. The zero-order valence-electron chi connectivity index (χ0n) is 15.8. The number of nitrogens with one attached hydrogen (secondary N) is 1. The summed E-state index contributed by atoms with van der Waals surface area (Å²) in [5.74, 6) is 0.577. The highest BCUT2D eigenvalue weighted by atomic mass is 35.5. The Kier molecular flexibility index (Phi) is 7.57. The number of nitro benzene ring substituents is 1. The Morgan fingerprint density at radius 1 is 1.24 bits per heavy atom. The molecule has 150 valence electrons. The second-order valence-corrected chi connectivity index (χ2v) is 6.24. The van der Waals surface area contributed by atoms with Gasteiger partial charge in [-0.25, -0.2) is 0 Å². The lowest BCUT2D eigenvalue weighted by Gasteiger charge is -2.10. The third kappa shape index (κ3) is 5.70. The topological polar surface area (TPSA) is 114 Å². The Hall–Kier alpha value is -3.57. The van der Waals surface area contributed by atoms with E-state index in [0.29, 0.717) is 17.9 Å². The lowest BCUT2D eigenvalue weighted by molar-refractivity contribution is -0.384. The monoisotopic (exact) mass is 415 g/mol. The molecule has 1 N–H and O–H groups in total. The van der Waals surface area contributed by atoms with Gasteiger partial charge in [0.15, 0.2) is 11.5 Å². The van der Waals surface area contributed by atoms with E-state index in [-0.39, 0.29) is 28.4 Å². The van der Waals surface area contributed by atoms with E-state index in [1.54, 1.807) is 25.3 Å². The number of carbonyl (C=O) groups is 1. The molecule has 0 radical (unpaired) electrons. The Balaban J connectivity index is 2.08. The molecule has 1 amide bonds. The van der Waals surface area contributed by atoms with Gasteiger partial charge in [-0.05, 0) is 36.3 Å². The molecule has 2 aromatic carbocycles. The van der Waals surface area contributed by atoms with Crippen LogP contribution in [0.4, 0.5) is 5.69 Å². The molecule has 0 aliphatic carbocycles. The number of rotatable bonds is 8. The molecule has 0 saturated carbocycles. The third-order valence-corrected chi connectivity index (χ3v) is 4.35. The van der Waals surface area contributed by atoms with Crippen LogP contribution in [-0.2, 0) is 11.2 Å². The highest BCUT2D eigenvalue weighted by Crippen LogP contribution is 2.27. The van der Waals surface area contributed by atoms with E-state index in [4.69, 9.17) is 21.1 Å². The first-order chi connectivity index (χ1) is 13.9. The number of ether oxygens (including phenoxy) is 2. The standard InChI is InChI=1S/C20H18ClN3O5/c1-28-18-6-3-13(9-19(18)29-2)7-8-23-20(25)15(12-22)10-14-11-16(24(26)27)4-5-17(14)21/h3-6,9-11H,7-8H2,1-2H3,(H,23,25)/b15-10+. The quantitative estimate of drug-likeness (QED) is 0.305. The van der Waals surface area contributed by atoms with Crippen molar-refractivity contribution in [2.45, 2.75) is 6.42 Å². The van der Waals surface area contributed by atoms with Gasteiger partial charge in [-0.2, -0.15) is 5.26 Å². The van der Waals surface area contributed by atoms with Crippen LogP contribution >= 0.6 is 11.6 Å². The maximum absolute atomic E-state index is 12.3. The van der Waals surface area contributed by atoms with Gasteiger partial charge in [-0.3, -0.25) is 14.9 Å². The molecule has 0 heterocycles. The number of halogens is 1. The number of benzene rings is 2. The molecular formula is C20H18ClN3O5. The van der Waals surface area contributed by atoms with E-state index >= 15 is 0 Å². The van der Waals surface area contributed by atoms with Crippen molar-refractivity contribution >= 4 is 29.3 Å². The Bertz CT molecular complexity index is 998. The molecule has 29 heavy (non-hydrogen) atoms. The maximum atomic E-state index is 12.3. The number of hydrogen-bond donors (Lipinski definition) is 1. The number of amides is 1. The number of nitrogens with zero attached hydrogens (tertiary/aromatic N) is 2. The van der Waals surface area contributed by atoms with Crippen LogP contribution in [-0.4, -0.2) is 31.6 Å². The highest BCUT2D eigenvalue weighted by Gasteiger charge is 2.13. The second kappa shape index (κ2) is 10.1. The molecule has 0 atom stereocenters. The minimum atomic E-state index is -0.601. The Labute approximate surface area is 172 Å². The summed E-state index contributed by atoms with van der Waals surface area (Å²) in [5, 5.41) is 23.0. The van der Waals surface area contributed by atoms with Gasteiger partial charge >= 0.3 is 0 Å². The average Bonchev–Trinajstić information content (AvgIpc) is 2.72. The molecule has 0 aromatic heterocycles. The number of nitro groups is 1. The molecule has 0 aliphatic rings. The first-order valence-corrected chi connectivity index (χ1v) is 8.82. The summed E-state index contributed by atoms with van der Waals surface area (Å²) in [6.45, 7) is 0.274. The molecule has 0 spiro atoms. The normalized spacial score (nSPS) is 10.8. The predicted molar refractivity (Wildman–Crippen MR) is 108 cm³/mol. The molecule has 2 aromatic rings. The zero-order chi connectivity index (χ0) is 21.4. The van der Waals surface area contributed by atoms with Crippen molar-refractivity contribution in [2.75, 3.05) is 20.8 Å². The summed E-state index contributed by atoms with van der Waals surface area (Å²) in [5.41, 5.74) is 0.728. The predicted octanol–water partition coefficient (Wildman–Crippen LogP) is 3.53. The molecule has 0 unspecified atom stereocenters. The fourth-order valence-corrected chi connectivity index (χ4v) is 2.68. The van der Waals surface area contributed by atoms with Gasteiger partial charge in [-0.1, -0.05) is 17.7 Å². The molecule has 0 fully saturated rings. The van der Waals surface area contributed by atoms with Crippen LogP contribution in [0.3, 0.4) is 0 Å². The number of non-ortho nitro benzene ring substituents is 1. The van der Waals surface area contributed by atoms with Crippen LogP contribution in [0, 0.1) is 21.4 Å². The van der Waals surface area contributed by atoms with Crippen molar-refractivity contribution in [1.29, 1.82) is 5.26 Å². The van der Waals surface area contributed by atoms with Crippen LogP contribution in [0.25, 0.3) is 6.08 Å². The molecule has 8 nitrogen and oxygen atoms in total. The first kappa shape index (κ1) is 21.7. The van der Waals surface area contributed by atoms with Gasteiger partial charge in [-0.15, -0.1) is 0 Å². The summed E-state index contributed by atoms with van der Waals surface area (Å²) in [4.78, 5) is 22.6. The number of methoxy groups -OCH3 is 2. The van der Waals surface area contributed by atoms with Gasteiger partial charge in [0.2, 0.25) is 0 Å². The van der Waals surface area contributed by atoms with E-state index < -0.39 is 10.8 Å². The van der Waals surface area contributed by atoms with Crippen LogP contribution in [0.5, 0.6) is 11.5 Å². The summed E-state index contributed by atoms with van der Waals surface area (Å²) >= 11 is 6.01. The largest absolute Gasteiger partial charge is 0.493 e. The summed E-state index contributed by atoms with van der Waals surface area (Å²) in [7, 11) is 3.08. The Morgan fingerprint density at radius 2 is 1.97 bits per heavy atom. The minimum Gasteiger partial charge on any atom is -0.493 e. The van der Waals surface area contributed by atoms with Gasteiger partial charge < -0.3 is 14.8 Å². The summed E-state index contributed by atoms with van der Waals surface area (Å²) in [6, 6.07) is 11.0. The van der Waals surface area contributed by atoms with Gasteiger partial charge in [0.25, 0.3) is 11.6 Å². The van der Waals surface area contributed by atoms with Crippen molar-refractivity contribution in [3.05, 3.63) is 68.2 Å². The van der Waals surface area contributed by atoms with Crippen LogP contribution in [0.15, 0.2) is 42.0 Å². The van der Waals surface area contributed by atoms with Crippen molar-refractivity contribution < 1.29 is 19.2 Å². The zero-order valence-corrected chi connectivity index (χ0v) is 16.5. The number of hydrogen-bond acceptors (Lipinski definition) is 6. The van der Waals surface area contributed by atoms with Crippen LogP contribution in [0.1, 0.15) is 11.1 Å². The highest BCUT2D eigenvalue weighted by molar-refractivity contribution is 6.32. The van der Waals surface area contributed by atoms with E-state index in [0.717, 1.165) is 5.56 Å². The summed E-state index contributed by atoms with van der Waals surface area (Å²) in [6.07, 6.45) is 1.73. The maximum Gasteiger partial charge on any atom is 0.270 e. The van der Waals surface area contributed by atoms with Crippen LogP contribution < -0.4 is 14.8 Å². The Morgan fingerprint density at radius 3 is 2.59 bits per heavy atom. The molecular weight excluding hydrogens is 398 g/mol.